The number of halogens is 1. The van der Waals surface area contributed by atoms with Crippen LogP contribution in [0.1, 0.15) is 31.9 Å². The Morgan fingerprint density at radius 1 is 1.32 bits per heavy atom. The summed E-state index contributed by atoms with van der Waals surface area (Å²) in [6.45, 7) is 4.66. The lowest BCUT2D eigenvalue weighted by Gasteiger charge is -2.07. The molecule has 0 saturated heterocycles. The van der Waals surface area contributed by atoms with Gasteiger partial charge in [-0.3, -0.25) is 4.79 Å². The molecule has 0 atom stereocenters. The highest BCUT2D eigenvalue weighted by Gasteiger charge is 2.05. The van der Waals surface area contributed by atoms with Crippen LogP contribution in [-0.4, -0.2) is 22.3 Å². The number of thioether (sulfide) groups is 1. The maximum absolute atomic E-state index is 11.6. The molecule has 2 rings (SSSR count). The minimum absolute atomic E-state index is 0.0985. The Balaban J connectivity index is 1.77. The van der Waals surface area contributed by atoms with Gasteiger partial charge < -0.3 is 9.72 Å². The average Bonchev–Trinajstić information content (AvgIpc) is 2.48. The zero-order chi connectivity index (χ0) is 15.9. The van der Waals surface area contributed by atoms with Crippen LogP contribution >= 0.6 is 23.4 Å². The van der Waals surface area contributed by atoms with Crippen LogP contribution in [0.3, 0.4) is 0 Å². The monoisotopic (exact) mass is 338 g/mol. The molecule has 22 heavy (non-hydrogen) atoms. The second-order valence-corrected chi connectivity index (χ2v) is 6.65. The fourth-order valence-electron chi connectivity index (χ4n) is 1.77. The normalized spacial score (nSPS) is 10.9. The SMILES string of the molecule is CC(C)c1cc(=O)[nH]c(SCCCOc2ccc(Cl)cc2)n1. The van der Waals surface area contributed by atoms with E-state index in [0.29, 0.717) is 16.8 Å². The first-order valence-electron chi connectivity index (χ1n) is 7.17. The first kappa shape index (κ1) is 16.9. The maximum atomic E-state index is 11.6. The second-order valence-electron chi connectivity index (χ2n) is 5.13. The second kappa shape index (κ2) is 8.25. The zero-order valence-corrected chi connectivity index (χ0v) is 14.2. The van der Waals surface area contributed by atoms with E-state index in [0.717, 1.165) is 23.6 Å². The van der Waals surface area contributed by atoms with E-state index in [1.807, 2.05) is 26.0 Å². The largest absolute Gasteiger partial charge is 0.494 e. The van der Waals surface area contributed by atoms with Crippen LogP contribution in [0.15, 0.2) is 40.3 Å². The Morgan fingerprint density at radius 2 is 2.05 bits per heavy atom. The van der Waals surface area contributed by atoms with Crippen molar-refractivity contribution in [2.45, 2.75) is 31.3 Å². The molecule has 2 aromatic rings. The summed E-state index contributed by atoms with van der Waals surface area (Å²) in [5.41, 5.74) is 0.724. The van der Waals surface area contributed by atoms with Crippen molar-refractivity contribution < 1.29 is 4.74 Å². The number of ether oxygens (including phenoxy) is 1. The molecule has 1 N–H and O–H groups in total. The van der Waals surface area contributed by atoms with Gasteiger partial charge in [-0.05, 0) is 36.6 Å². The van der Waals surface area contributed by atoms with Gasteiger partial charge in [0.25, 0.3) is 5.56 Å². The van der Waals surface area contributed by atoms with E-state index in [2.05, 4.69) is 9.97 Å². The van der Waals surface area contributed by atoms with Gasteiger partial charge >= 0.3 is 0 Å². The molecular formula is C16H19ClN2O2S. The molecule has 118 valence electrons. The molecule has 0 unspecified atom stereocenters. The van der Waals surface area contributed by atoms with Gasteiger partial charge in [0.1, 0.15) is 5.75 Å². The summed E-state index contributed by atoms with van der Waals surface area (Å²) in [4.78, 5) is 18.8. The first-order valence-corrected chi connectivity index (χ1v) is 8.53. The van der Waals surface area contributed by atoms with Crippen LogP contribution in [-0.2, 0) is 0 Å². The summed E-state index contributed by atoms with van der Waals surface area (Å²) >= 11 is 7.35. The number of nitrogens with one attached hydrogen (secondary N) is 1. The van der Waals surface area contributed by atoms with Crippen molar-refractivity contribution in [3.8, 4) is 5.75 Å². The number of aromatic amines is 1. The van der Waals surface area contributed by atoms with E-state index in [-0.39, 0.29) is 11.5 Å². The number of hydrogen-bond acceptors (Lipinski definition) is 4. The molecule has 1 aromatic heterocycles. The molecule has 0 aliphatic carbocycles. The third kappa shape index (κ3) is 5.39. The lowest BCUT2D eigenvalue weighted by atomic mass is 10.1. The summed E-state index contributed by atoms with van der Waals surface area (Å²) in [7, 11) is 0. The van der Waals surface area contributed by atoms with Gasteiger partial charge in [0.2, 0.25) is 0 Å². The lowest BCUT2D eigenvalue weighted by Crippen LogP contribution is -2.11. The molecule has 0 saturated carbocycles. The molecule has 0 aliphatic heterocycles. The van der Waals surface area contributed by atoms with Crippen LogP contribution in [0.4, 0.5) is 0 Å². The quantitative estimate of drug-likeness (QED) is 0.469. The number of nitrogens with zero attached hydrogens (tertiary/aromatic N) is 1. The van der Waals surface area contributed by atoms with Gasteiger partial charge in [-0.1, -0.05) is 37.2 Å². The van der Waals surface area contributed by atoms with E-state index < -0.39 is 0 Å². The summed E-state index contributed by atoms with van der Waals surface area (Å²) in [5, 5.41) is 1.37. The summed E-state index contributed by atoms with van der Waals surface area (Å²) in [6.07, 6.45) is 0.864. The molecule has 1 aromatic carbocycles. The van der Waals surface area contributed by atoms with Gasteiger partial charge in [0, 0.05) is 16.8 Å². The van der Waals surface area contributed by atoms with E-state index >= 15 is 0 Å². The predicted octanol–water partition coefficient (Wildman–Crippen LogP) is 4.11. The van der Waals surface area contributed by atoms with Gasteiger partial charge in [0.15, 0.2) is 5.16 Å². The summed E-state index contributed by atoms with van der Waals surface area (Å²) in [5.74, 6) is 1.88. The standard InChI is InChI=1S/C16H19ClN2O2S/c1-11(2)14-10-15(20)19-16(18-14)22-9-3-8-21-13-6-4-12(17)5-7-13/h4-7,10-11H,3,8-9H2,1-2H3,(H,18,19,20). The van der Waals surface area contributed by atoms with E-state index in [1.54, 1.807) is 18.2 Å². The van der Waals surface area contributed by atoms with Gasteiger partial charge in [-0.15, -0.1) is 0 Å². The summed E-state index contributed by atoms with van der Waals surface area (Å²) < 4.78 is 5.62. The Morgan fingerprint density at radius 3 is 2.73 bits per heavy atom. The number of aromatic nitrogens is 2. The van der Waals surface area contributed by atoms with E-state index in [9.17, 15) is 4.79 Å². The highest BCUT2D eigenvalue weighted by Crippen LogP contribution is 2.18. The Labute approximate surface area is 139 Å². The number of hydrogen-bond donors (Lipinski definition) is 1. The highest BCUT2D eigenvalue weighted by atomic mass is 35.5. The third-order valence-electron chi connectivity index (χ3n) is 2.94. The molecule has 0 aliphatic rings. The molecule has 0 amide bonds. The molecule has 0 fully saturated rings. The zero-order valence-electron chi connectivity index (χ0n) is 12.6. The molecule has 6 heteroatoms. The number of benzene rings is 1. The van der Waals surface area contributed by atoms with Crippen molar-refractivity contribution in [3.63, 3.8) is 0 Å². The van der Waals surface area contributed by atoms with Gasteiger partial charge in [-0.2, -0.15) is 0 Å². The smallest absolute Gasteiger partial charge is 0.251 e. The van der Waals surface area contributed by atoms with E-state index in [1.165, 1.54) is 11.8 Å². The van der Waals surface area contributed by atoms with Crippen LogP contribution in [0.25, 0.3) is 0 Å². The number of rotatable bonds is 7. The van der Waals surface area contributed by atoms with Crippen molar-refractivity contribution in [1.82, 2.24) is 9.97 Å². The summed E-state index contributed by atoms with van der Waals surface area (Å²) in [6, 6.07) is 8.86. The molecule has 4 nitrogen and oxygen atoms in total. The number of H-pyrrole nitrogens is 1. The van der Waals surface area contributed by atoms with Crippen molar-refractivity contribution in [2.24, 2.45) is 0 Å². The Kier molecular flexibility index (Phi) is 6.34. The first-order chi connectivity index (χ1) is 10.5. The Bertz CT molecular complexity index is 656. The van der Waals surface area contributed by atoms with E-state index in [4.69, 9.17) is 16.3 Å². The van der Waals surface area contributed by atoms with Crippen LogP contribution in [0.2, 0.25) is 5.02 Å². The molecule has 0 bridgehead atoms. The fourth-order valence-corrected chi connectivity index (χ4v) is 2.69. The average molecular weight is 339 g/mol. The third-order valence-corrected chi connectivity index (χ3v) is 4.15. The Hall–Kier alpha value is -1.46. The van der Waals surface area contributed by atoms with Crippen molar-refractivity contribution >= 4 is 23.4 Å². The van der Waals surface area contributed by atoms with Crippen LogP contribution in [0.5, 0.6) is 5.75 Å². The molecule has 0 spiro atoms. The van der Waals surface area contributed by atoms with Crippen molar-refractivity contribution in [1.29, 1.82) is 0 Å². The van der Waals surface area contributed by atoms with Crippen LogP contribution in [0, 0.1) is 0 Å². The predicted molar refractivity (Wildman–Crippen MR) is 91.2 cm³/mol. The molecule has 1 heterocycles. The van der Waals surface area contributed by atoms with Crippen LogP contribution < -0.4 is 10.3 Å². The van der Waals surface area contributed by atoms with Crippen molar-refractivity contribution in [2.75, 3.05) is 12.4 Å². The fraction of sp³-hybridized carbons (Fsp3) is 0.375. The topological polar surface area (TPSA) is 55.0 Å². The lowest BCUT2D eigenvalue weighted by molar-refractivity contribution is 0.318. The maximum Gasteiger partial charge on any atom is 0.251 e. The minimum Gasteiger partial charge on any atom is -0.494 e. The van der Waals surface area contributed by atoms with Gasteiger partial charge in [-0.25, -0.2) is 4.98 Å². The molecule has 0 radical (unpaired) electrons. The van der Waals surface area contributed by atoms with Gasteiger partial charge in [0.05, 0.1) is 12.3 Å². The van der Waals surface area contributed by atoms with Crippen molar-refractivity contribution in [3.05, 3.63) is 51.4 Å². The minimum atomic E-state index is -0.0985. The molecular weight excluding hydrogens is 320 g/mol. The highest BCUT2D eigenvalue weighted by molar-refractivity contribution is 7.99.